The number of hydrogen-bond donors (Lipinski definition) is 2. The third-order valence-corrected chi connectivity index (χ3v) is 11.3. The number of aromatic carboxylic acids is 1. The topological polar surface area (TPSA) is 115 Å². The average Bonchev–Trinajstić information content (AvgIpc) is 3.93. The quantitative estimate of drug-likeness (QED) is 0.0844. The SMILES string of the molecule is C[C@H](CC(=O)N(Cc1cc(C2CC2)cc(C(C)(C)C)c1)c1ccc(C(=O)O)c(O)c1)N(Cc1ccc(Cl)cc1)S(=O)(=O)c1c(F)c(F)c(F)c(F)c1F. The molecule has 1 aliphatic rings. The monoisotopic (exact) mass is 778 g/mol. The minimum atomic E-state index is -5.55. The fourth-order valence-electron chi connectivity index (χ4n) is 5.91. The van der Waals surface area contributed by atoms with E-state index in [1.165, 1.54) is 42.2 Å². The number of carbonyl (C=O) groups is 2. The van der Waals surface area contributed by atoms with Gasteiger partial charge in [-0.05, 0) is 77.6 Å². The molecule has 2 N–H and O–H groups in total. The largest absolute Gasteiger partial charge is 0.507 e. The number of nitrogens with zero attached hydrogens (tertiary/aromatic N) is 2. The van der Waals surface area contributed by atoms with Crippen LogP contribution in [0.2, 0.25) is 5.02 Å². The summed E-state index contributed by atoms with van der Waals surface area (Å²) in [6.07, 6.45) is 1.27. The lowest BCUT2D eigenvalue weighted by Crippen LogP contribution is -2.43. The number of benzene rings is 4. The molecule has 1 fully saturated rings. The summed E-state index contributed by atoms with van der Waals surface area (Å²) in [4.78, 5) is 25.1. The molecule has 8 nitrogen and oxygen atoms in total. The van der Waals surface area contributed by atoms with Crippen LogP contribution < -0.4 is 4.90 Å². The number of hydrogen-bond acceptors (Lipinski definition) is 5. The smallest absolute Gasteiger partial charge is 0.339 e. The number of carbonyl (C=O) groups excluding carboxylic acids is 1. The van der Waals surface area contributed by atoms with Gasteiger partial charge in [-0.3, -0.25) is 4.79 Å². The molecule has 0 spiro atoms. The summed E-state index contributed by atoms with van der Waals surface area (Å²) >= 11 is 5.97. The number of carboxylic acid groups (broad SMARTS) is 1. The molecule has 0 heterocycles. The molecular formula is C38H36ClF5N2O6S. The van der Waals surface area contributed by atoms with Crippen molar-refractivity contribution < 1.29 is 50.2 Å². The first-order valence-electron chi connectivity index (χ1n) is 16.5. The fraction of sp³-hybridized carbons (Fsp3) is 0.316. The Labute approximate surface area is 308 Å². The first kappa shape index (κ1) is 39.7. The lowest BCUT2D eigenvalue weighted by atomic mass is 9.84. The Hall–Kier alpha value is -4.53. The molecule has 1 aliphatic carbocycles. The second kappa shape index (κ2) is 15.1. The Kier molecular flexibility index (Phi) is 11.3. The van der Waals surface area contributed by atoms with Crippen molar-refractivity contribution >= 4 is 39.2 Å². The highest BCUT2D eigenvalue weighted by Crippen LogP contribution is 2.42. The van der Waals surface area contributed by atoms with Crippen LogP contribution in [0.1, 0.15) is 85.5 Å². The minimum Gasteiger partial charge on any atom is -0.507 e. The number of amides is 1. The van der Waals surface area contributed by atoms with Gasteiger partial charge in [-0.25, -0.2) is 35.2 Å². The van der Waals surface area contributed by atoms with E-state index in [-0.39, 0.29) is 28.2 Å². The summed E-state index contributed by atoms with van der Waals surface area (Å²) in [6.45, 7) is 6.51. The van der Waals surface area contributed by atoms with Crippen molar-refractivity contribution in [3.8, 4) is 5.75 Å². The molecule has 53 heavy (non-hydrogen) atoms. The standard InChI is InChI=1S/C38H36ClF5N2O6S/c1-20(46(19-21-5-9-26(39)10-6-21)53(51,52)36-34(43)32(41)31(40)33(42)35(36)44)13-30(48)45(27-11-12-28(37(49)50)29(47)17-27)18-22-14-24(23-7-8-23)16-25(15-22)38(2,3)4/h5-6,9-12,14-17,20,23,47H,7-8,13,18-19H2,1-4H3,(H,49,50)/t20-/m1/s1. The Morgan fingerprint density at radius 3 is 1.96 bits per heavy atom. The molecule has 1 amide bonds. The maximum atomic E-state index is 15.0. The summed E-state index contributed by atoms with van der Waals surface area (Å²) < 4.78 is 101. The number of rotatable bonds is 12. The molecular weight excluding hydrogens is 743 g/mol. The first-order chi connectivity index (χ1) is 24.7. The molecule has 0 saturated heterocycles. The molecule has 4 aromatic carbocycles. The normalized spacial score (nSPS) is 14.0. The van der Waals surface area contributed by atoms with Gasteiger partial charge in [-0.2, -0.15) is 4.31 Å². The summed E-state index contributed by atoms with van der Waals surface area (Å²) in [5, 5.41) is 20.3. The van der Waals surface area contributed by atoms with E-state index in [1.54, 1.807) is 0 Å². The van der Waals surface area contributed by atoms with Crippen LogP contribution in [0.4, 0.5) is 27.6 Å². The molecule has 4 aromatic rings. The van der Waals surface area contributed by atoms with Crippen LogP contribution in [-0.2, 0) is 33.3 Å². The summed E-state index contributed by atoms with van der Waals surface area (Å²) in [5.41, 5.74) is 2.23. The van der Waals surface area contributed by atoms with Gasteiger partial charge in [0, 0.05) is 35.8 Å². The van der Waals surface area contributed by atoms with Crippen LogP contribution in [-0.4, -0.2) is 40.9 Å². The van der Waals surface area contributed by atoms with Gasteiger partial charge in [0.25, 0.3) is 0 Å². The highest BCUT2D eigenvalue weighted by Gasteiger charge is 2.40. The van der Waals surface area contributed by atoms with E-state index in [0.717, 1.165) is 36.1 Å². The van der Waals surface area contributed by atoms with E-state index >= 15 is 8.78 Å². The van der Waals surface area contributed by atoms with Crippen LogP contribution >= 0.6 is 11.6 Å². The van der Waals surface area contributed by atoms with Gasteiger partial charge >= 0.3 is 5.97 Å². The average molecular weight is 779 g/mol. The van der Waals surface area contributed by atoms with E-state index in [1.807, 2.05) is 32.9 Å². The number of halogens is 6. The van der Waals surface area contributed by atoms with E-state index in [0.29, 0.717) is 15.8 Å². The number of phenols is 1. The van der Waals surface area contributed by atoms with Gasteiger partial charge in [0.15, 0.2) is 28.2 Å². The zero-order valence-corrected chi connectivity index (χ0v) is 30.6. The van der Waals surface area contributed by atoms with Crippen LogP contribution in [0.15, 0.2) is 65.6 Å². The van der Waals surface area contributed by atoms with Crippen LogP contribution in [0.25, 0.3) is 0 Å². The number of sulfonamides is 1. The zero-order chi connectivity index (χ0) is 39.2. The number of aromatic hydroxyl groups is 1. The van der Waals surface area contributed by atoms with Crippen LogP contribution in [0, 0.1) is 29.1 Å². The molecule has 0 unspecified atom stereocenters. The third-order valence-electron chi connectivity index (χ3n) is 9.04. The Bertz CT molecular complexity index is 2160. The van der Waals surface area contributed by atoms with Crippen molar-refractivity contribution in [2.75, 3.05) is 4.90 Å². The van der Waals surface area contributed by atoms with Gasteiger partial charge in [-0.15, -0.1) is 0 Å². The molecule has 282 valence electrons. The van der Waals surface area contributed by atoms with Gasteiger partial charge in [-0.1, -0.05) is 62.7 Å². The number of anilines is 1. The van der Waals surface area contributed by atoms with Gasteiger partial charge in [0.05, 0.1) is 6.54 Å². The van der Waals surface area contributed by atoms with Crippen molar-refractivity contribution in [2.45, 2.75) is 82.3 Å². The van der Waals surface area contributed by atoms with Crippen molar-refractivity contribution in [1.82, 2.24) is 4.31 Å². The summed E-state index contributed by atoms with van der Waals surface area (Å²) in [7, 11) is -5.55. The Morgan fingerprint density at radius 1 is 0.849 bits per heavy atom. The highest BCUT2D eigenvalue weighted by molar-refractivity contribution is 7.89. The Balaban J connectivity index is 1.59. The molecule has 1 saturated carbocycles. The van der Waals surface area contributed by atoms with Crippen LogP contribution in [0.3, 0.4) is 0 Å². The van der Waals surface area contributed by atoms with Crippen LogP contribution in [0.5, 0.6) is 5.75 Å². The van der Waals surface area contributed by atoms with E-state index in [2.05, 4.69) is 6.07 Å². The van der Waals surface area contributed by atoms with Crippen molar-refractivity contribution in [1.29, 1.82) is 0 Å². The van der Waals surface area contributed by atoms with E-state index in [4.69, 9.17) is 11.6 Å². The van der Waals surface area contributed by atoms with Gasteiger partial charge in [0.2, 0.25) is 21.7 Å². The summed E-state index contributed by atoms with van der Waals surface area (Å²) in [6, 6.07) is 13.5. The molecule has 0 aliphatic heterocycles. The summed E-state index contributed by atoms with van der Waals surface area (Å²) in [5.74, 6) is -15.1. The van der Waals surface area contributed by atoms with Crippen molar-refractivity contribution in [3.63, 3.8) is 0 Å². The van der Waals surface area contributed by atoms with E-state index < -0.39 is 86.2 Å². The van der Waals surface area contributed by atoms with Crippen molar-refractivity contribution in [3.05, 3.63) is 123 Å². The maximum Gasteiger partial charge on any atom is 0.339 e. The molecule has 15 heteroatoms. The maximum absolute atomic E-state index is 15.0. The van der Waals surface area contributed by atoms with Crippen molar-refractivity contribution in [2.24, 2.45) is 0 Å². The molecule has 1 atom stereocenters. The lowest BCUT2D eigenvalue weighted by molar-refractivity contribution is -0.119. The predicted octanol–water partition coefficient (Wildman–Crippen LogP) is 8.82. The first-order valence-corrected chi connectivity index (χ1v) is 18.3. The molecule has 0 aromatic heterocycles. The predicted molar refractivity (Wildman–Crippen MR) is 188 cm³/mol. The minimum absolute atomic E-state index is 0.0470. The second-order valence-corrected chi connectivity index (χ2v) is 16.4. The molecule has 5 rings (SSSR count). The fourth-order valence-corrected chi connectivity index (χ4v) is 7.77. The van der Waals surface area contributed by atoms with Gasteiger partial charge in [0.1, 0.15) is 11.3 Å². The van der Waals surface area contributed by atoms with Gasteiger partial charge < -0.3 is 15.1 Å². The molecule has 0 radical (unpaired) electrons. The Morgan fingerprint density at radius 2 is 1.43 bits per heavy atom. The lowest BCUT2D eigenvalue weighted by Gasteiger charge is -2.31. The highest BCUT2D eigenvalue weighted by atomic mass is 35.5. The van der Waals surface area contributed by atoms with E-state index in [9.17, 15) is 41.4 Å². The third kappa shape index (κ3) is 8.50. The second-order valence-electron chi connectivity index (χ2n) is 14.1. The molecule has 0 bridgehead atoms. The number of carboxylic acids is 1. The zero-order valence-electron chi connectivity index (χ0n) is 29.1.